The molecular weight excluding hydrogens is 380 g/mol. The van der Waals surface area contributed by atoms with Gasteiger partial charge in [0, 0.05) is 5.02 Å². The van der Waals surface area contributed by atoms with Gasteiger partial charge in [-0.05, 0) is 36.4 Å². The normalized spacial score (nSPS) is 11.3. The molecule has 0 spiro atoms. The van der Waals surface area contributed by atoms with Crippen LogP contribution in [0.1, 0.15) is 5.82 Å². The maximum absolute atomic E-state index is 12.5. The lowest BCUT2D eigenvalue weighted by molar-refractivity contribution is 0.353. The Bertz CT molecular complexity index is 1020. The van der Waals surface area contributed by atoms with Crippen molar-refractivity contribution in [3.8, 4) is 23.0 Å². The van der Waals surface area contributed by atoms with Crippen LogP contribution in [0.2, 0.25) is 5.02 Å². The number of sulfone groups is 1. The summed E-state index contributed by atoms with van der Waals surface area (Å²) in [5.74, 6) is 0.705. The second kappa shape index (κ2) is 7.35. The van der Waals surface area contributed by atoms with Crippen molar-refractivity contribution in [1.29, 1.82) is 0 Å². The van der Waals surface area contributed by atoms with Crippen molar-refractivity contribution in [2.24, 2.45) is 0 Å². The van der Waals surface area contributed by atoms with Gasteiger partial charge in [0.2, 0.25) is 0 Å². The summed E-state index contributed by atoms with van der Waals surface area (Å²) >= 11 is 5.79. The third-order valence-corrected chi connectivity index (χ3v) is 5.47. The first-order chi connectivity index (χ1) is 12.4. The first-order valence-corrected chi connectivity index (χ1v) is 9.50. The summed E-state index contributed by atoms with van der Waals surface area (Å²) < 4.78 is 40.7. The molecule has 3 aromatic rings. The molecule has 0 N–H and O–H groups in total. The smallest absolute Gasteiger partial charge is 0.261 e. The number of hydrogen-bond donors (Lipinski definition) is 0. The fourth-order valence-corrected chi connectivity index (χ4v) is 3.67. The summed E-state index contributed by atoms with van der Waals surface area (Å²) in [6, 6.07) is 11.1. The number of para-hydroxylation sites is 1. The molecule has 0 aliphatic carbocycles. The highest BCUT2D eigenvalue weighted by molar-refractivity contribution is 7.90. The van der Waals surface area contributed by atoms with E-state index >= 15 is 0 Å². The van der Waals surface area contributed by atoms with E-state index in [4.69, 9.17) is 25.6 Å². The fourth-order valence-electron chi connectivity index (χ4n) is 2.37. The molecule has 0 fully saturated rings. The van der Waals surface area contributed by atoms with Crippen LogP contribution < -0.4 is 9.47 Å². The minimum Gasteiger partial charge on any atom is -0.493 e. The molecule has 0 amide bonds. The molecule has 0 unspecified atom stereocenters. The Morgan fingerprint density at radius 1 is 1.08 bits per heavy atom. The molecule has 7 nitrogen and oxygen atoms in total. The summed E-state index contributed by atoms with van der Waals surface area (Å²) in [5, 5.41) is 4.22. The number of benzene rings is 2. The predicted molar refractivity (Wildman–Crippen MR) is 95.2 cm³/mol. The molecule has 1 aromatic heterocycles. The average molecular weight is 395 g/mol. The molecule has 26 heavy (non-hydrogen) atoms. The van der Waals surface area contributed by atoms with E-state index in [0.29, 0.717) is 22.1 Å². The third kappa shape index (κ3) is 3.66. The number of nitrogens with zero attached hydrogens (tertiary/aromatic N) is 2. The van der Waals surface area contributed by atoms with Gasteiger partial charge in [-0.25, -0.2) is 8.42 Å². The number of ether oxygens (including phenoxy) is 2. The summed E-state index contributed by atoms with van der Waals surface area (Å²) in [7, 11) is -0.624. The van der Waals surface area contributed by atoms with E-state index in [1.165, 1.54) is 38.5 Å². The highest BCUT2D eigenvalue weighted by Gasteiger charge is 2.22. The Hall–Kier alpha value is -2.58. The molecular formula is C17H15ClN2O5S. The van der Waals surface area contributed by atoms with Crippen LogP contribution in [0.15, 0.2) is 51.9 Å². The van der Waals surface area contributed by atoms with Gasteiger partial charge in [-0.15, -0.1) is 0 Å². The summed E-state index contributed by atoms with van der Waals surface area (Å²) in [5.41, 5.74) is 0.509. The van der Waals surface area contributed by atoms with Crippen LogP contribution in [-0.2, 0) is 15.6 Å². The summed E-state index contributed by atoms with van der Waals surface area (Å²) in [4.78, 5) is 4.31. The molecule has 3 rings (SSSR count). The predicted octanol–water partition coefficient (Wildman–Crippen LogP) is 3.38. The van der Waals surface area contributed by atoms with Crippen LogP contribution in [0.3, 0.4) is 0 Å². The van der Waals surface area contributed by atoms with E-state index in [-0.39, 0.29) is 16.6 Å². The maximum Gasteiger partial charge on any atom is 0.261 e. The van der Waals surface area contributed by atoms with Crippen LogP contribution in [0.4, 0.5) is 0 Å². The Balaban J connectivity index is 1.90. The highest BCUT2D eigenvalue weighted by atomic mass is 35.5. The van der Waals surface area contributed by atoms with Crippen molar-refractivity contribution in [2.45, 2.75) is 10.6 Å². The van der Waals surface area contributed by atoms with Crippen molar-refractivity contribution in [3.63, 3.8) is 0 Å². The number of halogens is 1. The summed E-state index contributed by atoms with van der Waals surface area (Å²) in [6.07, 6.45) is 0. The van der Waals surface area contributed by atoms with Crippen molar-refractivity contribution < 1.29 is 22.4 Å². The molecule has 1 heterocycles. The maximum atomic E-state index is 12.5. The van der Waals surface area contributed by atoms with Gasteiger partial charge < -0.3 is 14.0 Å². The largest absolute Gasteiger partial charge is 0.493 e. The quantitative estimate of drug-likeness (QED) is 0.632. The Morgan fingerprint density at radius 2 is 1.81 bits per heavy atom. The van der Waals surface area contributed by atoms with Gasteiger partial charge in [0.15, 0.2) is 27.2 Å². The summed E-state index contributed by atoms with van der Waals surface area (Å²) in [6.45, 7) is 0. The Kier molecular flexibility index (Phi) is 5.15. The lowest BCUT2D eigenvalue weighted by Gasteiger charge is -2.09. The zero-order valence-corrected chi connectivity index (χ0v) is 15.5. The third-order valence-electron chi connectivity index (χ3n) is 3.59. The van der Waals surface area contributed by atoms with E-state index in [1.54, 1.807) is 18.2 Å². The minimum atomic E-state index is -3.63. The van der Waals surface area contributed by atoms with E-state index in [2.05, 4.69) is 10.1 Å². The second-order valence-electron chi connectivity index (χ2n) is 5.27. The average Bonchev–Trinajstić information content (AvgIpc) is 3.08. The van der Waals surface area contributed by atoms with E-state index < -0.39 is 15.6 Å². The minimum absolute atomic E-state index is 0.0415. The number of rotatable bonds is 6. The first-order valence-electron chi connectivity index (χ1n) is 7.47. The van der Waals surface area contributed by atoms with Gasteiger partial charge in [-0.3, -0.25) is 0 Å². The van der Waals surface area contributed by atoms with Crippen LogP contribution >= 0.6 is 11.6 Å². The Labute approximate surface area is 155 Å². The van der Waals surface area contributed by atoms with Crippen molar-refractivity contribution >= 4 is 21.4 Å². The van der Waals surface area contributed by atoms with Gasteiger partial charge in [0.05, 0.1) is 24.7 Å². The Morgan fingerprint density at radius 3 is 2.46 bits per heavy atom. The van der Waals surface area contributed by atoms with Gasteiger partial charge in [-0.2, -0.15) is 4.98 Å². The first kappa shape index (κ1) is 18.2. The van der Waals surface area contributed by atoms with Crippen LogP contribution in [-0.4, -0.2) is 32.8 Å². The van der Waals surface area contributed by atoms with E-state index in [1.807, 2.05) is 0 Å². The molecule has 136 valence electrons. The molecule has 0 atom stereocenters. The lowest BCUT2D eigenvalue weighted by atomic mass is 10.2. The second-order valence-corrected chi connectivity index (χ2v) is 7.70. The number of aromatic nitrogens is 2. The van der Waals surface area contributed by atoms with E-state index in [0.717, 1.165) is 0 Å². The van der Waals surface area contributed by atoms with E-state index in [9.17, 15) is 8.42 Å². The molecule has 0 radical (unpaired) electrons. The standard InChI is InChI=1S/C17H15ClN2O5S/c1-23-14-5-3-4-13(16(14)24-2)17-19-15(20-25-17)10-26(21,22)12-8-6-11(18)7-9-12/h3-9H,10H2,1-2H3. The van der Waals surface area contributed by atoms with Crippen LogP contribution in [0.25, 0.3) is 11.5 Å². The monoisotopic (exact) mass is 394 g/mol. The van der Waals surface area contributed by atoms with Crippen LogP contribution in [0.5, 0.6) is 11.5 Å². The molecule has 0 saturated carbocycles. The molecule has 0 aliphatic rings. The molecule has 2 aromatic carbocycles. The molecule has 0 saturated heterocycles. The molecule has 9 heteroatoms. The zero-order chi connectivity index (χ0) is 18.7. The lowest BCUT2D eigenvalue weighted by Crippen LogP contribution is -2.06. The fraction of sp³-hybridized carbons (Fsp3) is 0.176. The van der Waals surface area contributed by atoms with Crippen molar-refractivity contribution in [1.82, 2.24) is 10.1 Å². The number of hydrogen-bond acceptors (Lipinski definition) is 7. The SMILES string of the molecule is COc1cccc(-c2nc(CS(=O)(=O)c3ccc(Cl)cc3)no2)c1OC. The van der Waals surface area contributed by atoms with Gasteiger partial charge >= 0.3 is 0 Å². The molecule has 0 bridgehead atoms. The van der Waals surface area contributed by atoms with Crippen molar-refractivity contribution in [2.75, 3.05) is 14.2 Å². The van der Waals surface area contributed by atoms with Gasteiger partial charge in [-0.1, -0.05) is 22.8 Å². The van der Waals surface area contributed by atoms with Gasteiger partial charge in [0.25, 0.3) is 5.89 Å². The van der Waals surface area contributed by atoms with Crippen LogP contribution in [0, 0.1) is 0 Å². The molecule has 0 aliphatic heterocycles. The number of methoxy groups -OCH3 is 2. The van der Waals surface area contributed by atoms with Crippen molar-refractivity contribution in [3.05, 3.63) is 53.3 Å². The zero-order valence-electron chi connectivity index (χ0n) is 14.0. The highest BCUT2D eigenvalue weighted by Crippen LogP contribution is 2.37. The topological polar surface area (TPSA) is 91.5 Å². The van der Waals surface area contributed by atoms with Gasteiger partial charge in [0.1, 0.15) is 5.75 Å².